The van der Waals surface area contributed by atoms with Gasteiger partial charge in [-0.2, -0.15) is 0 Å². The van der Waals surface area contributed by atoms with Gasteiger partial charge in [-0.1, -0.05) is 33.3 Å². The topological polar surface area (TPSA) is 29.5 Å². The van der Waals surface area contributed by atoms with E-state index in [4.69, 9.17) is 4.74 Å². The van der Waals surface area contributed by atoms with Crippen LogP contribution in [0.2, 0.25) is 0 Å². The van der Waals surface area contributed by atoms with Gasteiger partial charge in [0.1, 0.15) is 5.75 Å². The van der Waals surface area contributed by atoms with Gasteiger partial charge in [0.25, 0.3) is 0 Å². The third-order valence-electron chi connectivity index (χ3n) is 4.34. The van der Waals surface area contributed by atoms with Crippen molar-refractivity contribution in [3.05, 3.63) is 23.8 Å². The summed E-state index contributed by atoms with van der Waals surface area (Å²) in [4.78, 5) is 0. The first-order chi connectivity index (χ1) is 9.76. The first kappa shape index (κ1) is 16.6. The summed E-state index contributed by atoms with van der Waals surface area (Å²) in [5.41, 5.74) is 1.18. The van der Waals surface area contributed by atoms with Crippen LogP contribution < -0.4 is 10.0 Å². The highest BCUT2D eigenvalue weighted by molar-refractivity contribution is 7.68. The maximum Gasteiger partial charge on any atom is 0.175 e. The molecule has 1 fully saturated rings. The van der Waals surface area contributed by atoms with E-state index in [2.05, 4.69) is 31.5 Å². The molecule has 0 aromatic heterocycles. The first-order valence-electron chi connectivity index (χ1n) is 7.79. The van der Waals surface area contributed by atoms with Gasteiger partial charge in [0.2, 0.25) is 0 Å². The number of piperidine rings is 1. The summed E-state index contributed by atoms with van der Waals surface area (Å²) in [5.74, 6) is 0.846. The van der Waals surface area contributed by atoms with Gasteiger partial charge in [-0.25, -0.2) is 4.67 Å². The minimum Gasteiger partial charge on any atom is -0.496 e. The highest BCUT2D eigenvalue weighted by Gasteiger charge is 2.30. The van der Waals surface area contributed by atoms with Gasteiger partial charge >= 0.3 is 0 Å². The molecule has 0 radical (unpaired) electrons. The molecule has 1 aromatic rings. The van der Waals surface area contributed by atoms with E-state index in [9.17, 15) is 4.57 Å². The molecule has 3 nitrogen and oxygen atoms in total. The molecule has 1 aliphatic rings. The molecule has 1 aliphatic heterocycles. The number of rotatable bonds is 3. The van der Waals surface area contributed by atoms with Crippen LogP contribution >= 0.6 is 7.29 Å². The summed E-state index contributed by atoms with van der Waals surface area (Å²) in [7, 11) is -0.789. The Labute approximate surface area is 129 Å². The Balaban J connectivity index is 2.38. The fraction of sp³-hybridized carbons (Fsp3) is 0.647. The van der Waals surface area contributed by atoms with E-state index in [0.717, 1.165) is 42.5 Å². The third kappa shape index (κ3) is 3.52. The molecule has 0 N–H and O–H groups in total. The molecule has 4 heteroatoms. The van der Waals surface area contributed by atoms with Gasteiger partial charge in [-0.05, 0) is 36.0 Å². The molecule has 118 valence electrons. The zero-order valence-electron chi connectivity index (χ0n) is 14.0. The fourth-order valence-corrected chi connectivity index (χ4v) is 5.06. The van der Waals surface area contributed by atoms with Crippen molar-refractivity contribution < 1.29 is 9.30 Å². The van der Waals surface area contributed by atoms with Crippen LogP contribution in [-0.2, 0) is 9.98 Å². The molecule has 0 aliphatic carbocycles. The van der Waals surface area contributed by atoms with E-state index < -0.39 is 7.29 Å². The predicted octanol–water partition coefficient (Wildman–Crippen LogP) is 4.01. The van der Waals surface area contributed by atoms with E-state index in [1.54, 1.807) is 7.11 Å². The third-order valence-corrected chi connectivity index (χ3v) is 7.06. The molecule has 0 amide bonds. The Hall–Kier alpha value is -0.790. The smallest absolute Gasteiger partial charge is 0.175 e. The van der Waals surface area contributed by atoms with E-state index in [-0.39, 0.29) is 5.41 Å². The van der Waals surface area contributed by atoms with Gasteiger partial charge in [0.05, 0.1) is 7.11 Å². The van der Waals surface area contributed by atoms with E-state index >= 15 is 0 Å². The highest BCUT2D eigenvalue weighted by atomic mass is 31.2. The quantitative estimate of drug-likeness (QED) is 0.790. The molecule has 1 aromatic carbocycles. The summed E-state index contributed by atoms with van der Waals surface area (Å²) in [6, 6.07) is 6.09. The first-order valence-corrected chi connectivity index (χ1v) is 9.89. The number of hydrogen-bond acceptors (Lipinski definition) is 2. The monoisotopic (exact) mass is 309 g/mol. The van der Waals surface area contributed by atoms with Crippen molar-refractivity contribution in [1.82, 2.24) is 4.67 Å². The van der Waals surface area contributed by atoms with Crippen molar-refractivity contribution in [3.8, 4) is 5.75 Å². The number of methoxy groups -OCH3 is 1. The second kappa shape index (κ2) is 6.14. The van der Waals surface area contributed by atoms with Gasteiger partial charge in [0, 0.05) is 25.1 Å². The summed E-state index contributed by atoms with van der Waals surface area (Å²) in [5, 5.41) is 0.911. The molecule has 0 bridgehead atoms. The minimum absolute atomic E-state index is 0.0206. The standard InChI is InChI=1S/C17H28NO2P/c1-17(2,3)15-10-9-14(13-16(15)20-4)21(5,19)18-11-7-6-8-12-18/h9-10,13H,6-8,11-12H2,1-5H3. The lowest BCUT2D eigenvalue weighted by molar-refractivity contribution is 0.350. The van der Waals surface area contributed by atoms with Crippen molar-refractivity contribution in [2.24, 2.45) is 0 Å². The van der Waals surface area contributed by atoms with Crippen molar-refractivity contribution in [2.75, 3.05) is 26.9 Å². The van der Waals surface area contributed by atoms with Crippen LogP contribution in [0, 0.1) is 0 Å². The summed E-state index contributed by atoms with van der Waals surface area (Å²) in [6.45, 7) is 10.3. The van der Waals surface area contributed by atoms with Crippen LogP contribution in [0.1, 0.15) is 45.6 Å². The van der Waals surface area contributed by atoms with Crippen LogP contribution in [0.3, 0.4) is 0 Å². The average molecular weight is 309 g/mol. The zero-order chi connectivity index (χ0) is 15.7. The number of nitrogens with zero attached hydrogens (tertiary/aromatic N) is 1. The lowest BCUT2D eigenvalue weighted by atomic mass is 9.86. The molecule has 0 saturated carbocycles. The molecule has 1 atom stereocenters. The Morgan fingerprint density at radius 1 is 1.14 bits per heavy atom. The van der Waals surface area contributed by atoms with Gasteiger partial charge < -0.3 is 9.30 Å². The Morgan fingerprint density at radius 2 is 1.76 bits per heavy atom. The SMILES string of the molecule is COc1cc(P(C)(=O)N2CCCCC2)ccc1C(C)(C)C. The van der Waals surface area contributed by atoms with E-state index in [1.807, 2.05) is 18.8 Å². The molecule has 2 rings (SSSR count). The molecule has 1 heterocycles. The van der Waals surface area contributed by atoms with E-state index in [0.29, 0.717) is 0 Å². The number of ether oxygens (including phenoxy) is 1. The zero-order valence-corrected chi connectivity index (χ0v) is 14.9. The molecular weight excluding hydrogens is 281 g/mol. The normalized spacial score (nSPS) is 20.0. The lowest BCUT2D eigenvalue weighted by Gasteiger charge is -2.33. The summed E-state index contributed by atoms with van der Waals surface area (Å²) >= 11 is 0. The maximum absolute atomic E-state index is 13.3. The number of hydrogen-bond donors (Lipinski definition) is 0. The van der Waals surface area contributed by atoms with Gasteiger partial charge in [0.15, 0.2) is 7.29 Å². The molecule has 1 unspecified atom stereocenters. The van der Waals surface area contributed by atoms with Crippen molar-refractivity contribution in [2.45, 2.75) is 45.4 Å². The summed E-state index contributed by atoms with van der Waals surface area (Å²) < 4.78 is 21.0. The molecule has 0 spiro atoms. The number of benzene rings is 1. The van der Waals surface area contributed by atoms with E-state index in [1.165, 1.54) is 6.42 Å². The fourth-order valence-electron chi connectivity index (χ4n) is 2.98. The van der Waals surface area contributed by atoms with Gasteiger partial charge in [-0.3, -0.25) is 0 Å². The van der Waals surface area contributed by atoms with Crippen molar-refractivity contribution >= 4 is 12.6 Å². The van der Waals surface area contributed by atoms with Crippen LogP contribution in [0.5, 0.6) is 5.75 Å². The molecular formula is C17H28NO2P. The van der Waals surface area contributed by atoms with Crippen molar-refractivity contribution in [1.29, 1.82) is 0 Å². The van der Waals surface area contributed by atoms with Crippen LogP contribution in [0.25, 0.3) is 0 Å². The molecule has 1 saturated heterocycles. The minimum atomic E-state index is -2.48. The summed E-state index contributed by atoms with van der Waals surface area (Å²) in [6.07, 6.45) is 3.55. The van der Waals surface area contributed by atoms with Crippen LogP contribution in [0.15, 0.2) is 18.2 Å². The largest absolute Gasteiger partial charge is 0.496 e. The Kier molecular flexibility index (Phi) is 4.85. The highest BCUT2D eigenvalue weighted by Crippen LogP contribution is 2.47. The maximum atomic E-state index is 13.3. The average Bonchev–Trinajstić information content (AvgIpc) is 2.46. The second-order valence-corrected chi connectivity index (χ2v) is 9.87. The Morgan fingerprint density at radius 3 is 2.29 bits per heavy atom. The molecule has 21 heavy (non-hydrogen) atoms. The second-order valence-electron chi connectivity index (χ2n) is 7.03. The van der Waals surface area contributed by atoms with Crippen LogP contribution in [-0.4, -0.2) is 31.5 Å². The van der Waals surface area contributed by atoms with Crippen molar-refractivity contribution in [3.63, 3.8) is 0 Å². The van der Waals surface area contributed by atoms with Crippen LogP contribution in [0.4, 0.5) is 0 Å². The Bertz CT molecular complexity index is 542. The lowest BCUT2D eigenvalue weighted by Crippen LogP contribution is -2.31. The predicted molar refractivity (Wildman–Crippen MR) is 90.3 cm³/mol. The van der Waals surface area contributed by atoms with Gasteiger partial charge in [-0.15, -0.1) is 0 Å².